The van der Waals surface area contributed by atoms with E-state index >= 15 is 0 Å². The van der Waals surface area contributed by atoms with Crippen LogP contribution in [0.1, 0.15) is 290 Å². The highest BCUT2D eigenvalue weighted by Gasteiger charge is 2.19. The van der Waals surface area contributed by atoms with E-state index in [1.54, 1.807) is 0 Å². The highest BCUT2D eigenvalue weighted by atomic mass is 16.6. The van der Waals surface area contributed by atoms with Gasteiger partial charge in [-0.15, -0.1) is 0 Å². The number of carbonyl (C=O) groups excluding carboxylic acids is 3. The number of hydrogen-bond acceptors (Lipinski definition) is 6. The van der Waals surface area contributed by atoms with Crippen molar-refractivity contribution in [2.24, 2.45) is 0 Å². The summed E-state index contributed by atoms with van der Waals surface area (Å²) in [6.45, 7) is 6.48. The largest absolute Gasteiger partial charge is 0.462 e. The second-order valence-corrected chi connectivity index (χ2v) is 20.6. The lowest BCUT2D eigenvalue weighted by atomic mass is 10.1. The first kappa shape index (κ1) is 71.1. The van der Waals surface area contributed by atoms with Crippen LogP contribution in [0.15, 0.2) is 109 Å². The molecule has 0 aromatic heterocycles. The fourth-order valence-electron chi connectivity index (χ4n) is 8.53. The van der Waals surface area contributed by atoms with Crippen LogP contribution in [0.4, 0.5) is 0 Å². The normalized spacial score (nSPS) is 12.8. The van der Waals surface area contributed by atoms with Crippen LogP contribution in [0.2, 0.25) is 0 Å². The molecule has 75 heavy (non-hydrogen) atoms. The summed E-state index contributed by atoms with van der Waals surface area (Å²) in [6, 6.07) is 0. The van der Waals surface area contributed by atoms with Gasteiger partial charge in [0.05, 0.1) is 0 Å². The maximum Gasteiger partial charge on any atom is 0.306 e. The number of ether oxygens (including phenoxy) is 3. The molecule has 0 saturated heterocycles. The quantitative estimate of drug-likeness (QED) is 0.0261. The summed E-state index contributed by atoms with van der Waals surface area (Å²) in [5.74, 6) is -0.916. The molecule has 0 aliphatic rings. The maximum absolute atomic E-state index is 12.9. The molecule has 0 aliphatic carbocycles. The molecule has 0 heterocycles. The summed E-state index contributed by atoms with van der Waals surface area (Å²) in [4.78, 5) is 38.3. The molecular weight excluding hydrogens is 925 g/mol. The van der Waals surface area contributed by atoms with Gasteiger partial charge in [0.25, 0.3) is 0 Å². The summed E-state index contributed by atoms with van der Waals surface area (Å²) < 4.78 is 16.9. The van der Waals surface area contributed by atoms with Crippen molar-refractivity contribution in [3.8, 4) is 0 Å². The molecule has 0 fully saturated rings. The Bertz CT molecular complexity index is 1520. The molecular formula is C69H116O6. The third-order valence-electron chi connectivity index (χ3n) is 13.2. The first-order chi connectivity index (χ1) is 37.0. The monoisotopic (exact) mass is 1040 g/mol. The number of unbranched alkanes of at least 4 members (excludes halogenated alkanes) is 27. The smallest absolute Gasteiger partial charge is 0.306 e. The molecule has 0 saturated carbocycles. The maximum atomic E-state index is 12.9. The van der Waals surface area contributed by atoms with Gasteiger partial charge >= 0.3 is 17.9 Å². The highest BCUT2D eigenvalue weighted by molar-refractivity contribution is 5.71. The number of esters is 3. The van der Waals surface area contributed by atoms with Crippen molar-refractivity contribution in [2.75, 3.05) is 13.2 Å². The number of hydrogen-bond donors (Lipinski definition) is 0. The van der Waals surface area contributed by atoms with Gasteiger partial charge in [0.15, 0.2) is 6.10 Å². The standard InChI is InChI=1S/C69H116O6/c1-4-7-10-13-16-19-22-25-28-30-31-32-33-34-35-36-37-39-41-44-47-50-53-56-59-62-68(71)74-65-66(64-73-67(70)61-58-55-52-49-46-43-40-27-24-21-18-15-12-9-6-3)75-69(72)63-60-57-54-51-48-45-42-38-29-26-23-20-17-14-11-8-5-2/h7,10,16-17,19-20,25-29,31-32,34-35,37,39-40,66H,4-6,8-9,11-15,18,21-24,30,33,36,38,41-65H2,1-3H3/b10-7-,19-16-,20-17-,28-25-,29-26-,32-31-,35-34-,39-37-,40-27-. The zero-order chi connectivity index (χ0) is 54.3. The predicted octanol–water partition coefficient (Wildman–Crippen LogP) is 21.4. The fraction of sp³-hybridized carbons (Fsp3) is 0.696. The average molecular weight is 1040 g/mol. The van der Waals surface area contributed by atoms with Crippen molar-refractivity contribution >= 4 is 17.9 Å². The first-order valence-corrected chi connectivity index (χ1v) is 31.4. The molecule has 0 radical (unpaired) electrons. The van der Waals surface area contributed by atoms with E-state index in [4.69, 9.17) is 14.2 Å². The number of rotatable bonds is 56. The Kier molecular flexibility index (Phi) is 59.3. The third kappa shape index (κ3) is 60.8. The van der Waals surface area contributed by atoms with Crippen molar-refractivity contribution in [3.05, 3.63) is 109 Å². The second kappa shape index (κ2) is 62.6. The molecule has 0 rings (SSSR count). The van der Waals surface area contributed by atoms with Crippen LogP contribution in [0, 0.1) is 0 Å². The van der Waals surface area contributed by atoms with Crippen molar-refractivity contribution < 1.29 is 28.6 Å². The summed E-state index contributed by atoms with van der Waals surface area (Å²) in [5.41, 5.74) is 0. The molecule has 0 aliphatic heterocycles. The molecule has 6 heteroatoms. The molecule has 0 aromatic carbocycles. The Morgan fingerprint density at radius 1 is 0.280 bits per heavy atom. The zero-order valence-corrected chi connectivity index (χ0v) is 49.0. The van der Waals surface area contributed by atoms with Gasteiger partial charge in [-0.1, -0.05) is 252 Å². The predicted molar refractivity (Wildman–Crippen MR) is 325 cm³/mol. The van der Waals surface area contributed by atoms with Gasteiger partial charge in [0.2, 0.25) is 0 Å². The van der Waals surface area contributed by atoms with E-state index in [-0.39, 0.29) is 31.1 Å². The van der Waals surface area contributed by atoms with Crippen LogP contribution in [-0.2, 0) is 28.6 Å². The van der Waals surface area contributed by atoms with Crippen molar-refractivity contribution in [3.63, 3.8) is 0 Å². The minimum Gasteiger partial charge on any atom is -0.462 e. The average Bonchev–Trinajstić information content (AvgIpc) is 3.41. The molecule has 0 aromatic rings. The Morgan fingerprint density at radius 2 is 0.520 bits per heavy atom. The van der Waals surface area contributed by atoms with E-state index in [1.807, 2.05) is 0 Å². The summed E-state index contributed by atoms with van der Waals surface area (Å²) in [5, 5.41) is 0. The summed E-state index contributed by atoms with van der Waals surface area (Å²) >= 11 is 0. The van der Waals surface area contributed by atoms with Crippen LogP contribution >= 0.6 is 0 Å². The Labute approximate surface area is 463 Å². The topological polar surface area (TPSA) is 78.9 Å². The molecule has 1 unspecified atom stereocenters. The third-order valence-corrected chi connectivity index (χ3v) is 13.2. The van der Waals surface area contributed by atoms with Gasteiger partial charge in [-0.25, -0.2) is 0 Å². The van der Waals surface area contributed by atoms with Crippen molar-refractivity contribution in [2.45, 2.75) is 297 Å². The zero-order valence-electron chi connectivity index (χ0n) is 49.0. The first-order valence-electron chi connectivity index (χ1n) is 31.4. The van der Waals surface area contributed by atoms with Gasteiger partial charge < -0.3 is 14.2 Å². The van der Waals surface area contributed by atoms with E-state index in [0.29, 0.717) is 19.3 Å². The van der Waals surface area contributed by atoms with E-state index in [9.17, 15) is 14.4 Å². The number of allylic oxidation sites excluding steroid dienone is 18. The lowest BCUT2D eigenvalue weighted by molar-refractivity contribution is -0.167. The van der Waals surface area contributed by atoms with Gasteiger partial charge in [-0.05, 0) is 128 Å². The molecule has 6 nitrogen and oxygen atoms in total. The van der Waals surface area contributed by atoms with Crippen LogP contribution in [0.25, 0.3) is 0 Å². The summed E-state index contributed by atoms with van der Waals surface area (Å²) in [6.07, 6.45) is 85.1. The molecule has 0 N–H and O–H groups in total. The van der Waals surface area contributed by atoms with E-state index in [2.05, 4.69) is 130 Å². The van der Waals surface area contributed by atoms with Gasteiger partial charge in [-0.3, -0.25) is 14.4 Å². The minimum absolute atomic E-state index is 0.0908. The second-order valence-electron chi connectivity index (χ2n) is 20.6. The molecule has 1 atom stereocenters. The van der Waals surface area contributed by atoms with Crippen molar-refractivity contribution in [1.82, 2.24) is 0 Å². The van der Waals surface area contributed by atoms with E-state index in [0.717, 1.165) is 128 Å². The Morgan fingerprint density at radius 3 is 0.853 bits per heavy atom. The minimum atomic E-state index is -0.795. The van der Waals surface area contributed by atoms with Crippen LogP contribution in [0.3, 0.4) is 0 Å². The summed E-state index contributed by atoms with van der Waals surface area (Å²) in [7, 11) is 0. The fourth-order valence-corrected chi connectivity index (χ4v) is 8.53. The van der Waals surface area contributed by atoms with Gasteiger partial charge in [0.1, 0.15) is 13.2 Å². The Balaban J connectivity index is 4.41. The Hall–Kier alpha value is -3.93. The molecule has 428 valence electrons. The SMILES string of the molecule is CC/C=C\C/C=C\C/C=C\C/C=C\C/C=C\C/C=C\CCCCCCCCC(=O)OCC(COC(=O)CCCCCCC/C=C\CCCCCCCC)OC(=O)CCCCCCCCC/C=C\C/C=C\CCCCC. The highest BCUT2D eigenvalue weighted by Crippen LogP contribution is 2.15. The molecule has 0 bridgehead atoms. The van der Waals surface area contributed by atoms with Crippen LogP contribution in [-0.4, -0.2) is 37.2 Å². The number of carbonyl (C=O) groups is 3. The lowest BCUT2D eigenvalue weighted by Crippen LogP contribution is -2.30. The van der Waals surface area contributed by atoms with Crippen LogP contribution < -0.4 is 0 Å². The lowest BCUT2D eigenvalue weighted by Gasteiger charge is -2.18. The van der Waals surface area contributed by atoms with Crippen molar-refractivity contribution in [1.29, 1.82) is 0 Å². The van der Waals surface area contributed by atoms with Gasteiger partial charge in [0, 0.05) is 19.3 Å². The van der Waals surface area contributed by atoms with E-state index in [1.165, 1.54) is 122 Å². The van der Waals surface area contributed by atoms with Crippen LogP contribution in [0.5, 0.6) is 0 Å². The van der Waals surface area contributed by atoms with E-state index < -0.39 is 6.10 Å². The van der Waals surface area contributed by atoms with Gasteiger partial charge in [-0.2, -0.15) is 0 Å². The molecule has 0 spiro atoms. The molecule has 0 amide bonds.